The number of imidazole rings is 1. The van der Waals surface area contributed by atoms with Gasteiger partial charge in [0.25, 0.3) is 5.91 Å². The van der Waals surface area contributed by atoms with Gasteiger partial charge in [0.2, 0.25) is 0 Å². The normalized spacial score (nSPS) is 16.6. The van der Waals surface area contributed by atoms with E-state index in [0.717, 1.165) is 36.4 Å². The molecular formula is C21H23N3O3. The van der Waals surface area contributed by atoms with E-state index in [9.17, 15) is 4.79 Å². The Morgan fingerprint density at radius 3 is 3.04 bits per heavy atom. The number of methoxy groups -OCH3 is 1. The van der Waals surface area contributed by atoms with E-state index >= 15 is 0 Å². The summed E-state index contributed by atoms with van der Waals surface area (Å²) in [7, 11) is 1.65. The van der Waals surface area contributed by atoms with Crippen LogP contribution >= 0.6 is 0 Å². The van der Waals surface area contributed by atoms with Crippen molar-refractivity contribution in [1.82, 2.24) is 14.3 Å². The Labute approximate surface area is 158 Å². The number of para-hydroxylation sites is 1. The molecule has 0 saturated carbocycles. The summed E-state index contributed by atoms with van der Waals surface area (Å²) >= 11 is 0. The number of carbonyl (C=O) groups is 1. The van der Waals surface area contributed by atoms with Crippen molar-refractivity contribution in [2.45, 2.75) is 25.5 Å². The quantitative estimate of drug-likeness (QED) is 0.673. The first kappa shape index (κ1) is 17.5. The van der Waals surface area contributed by atoms with Crippen LogP contribution < -0.4 is 4.74 Å². The standard InChI is InChI=1S/C21H23N3O3/c1-26-19-7-3-2-5-17(19)14-24(15-18-6-4-12-27-18)21(25)16-8-10-23-11-9-22-20(23)13-16/h2-3,5,7-11,13,18H,4,6,12,14-15H2,1H3. The van der Waals surface area contributed by atoms with Gasteiger partial charge in [0.05, 0.1) is 13.2 Å². The molecule has 2 aromatic heterocycles. The minimum Gasteiger partial charge on any atom is -0.496 e. The number of nitrogens with zero attached hydrogens (tertiary/aromatic N) is 3. The minimum absolute atomic E-state index is 0.0260. The fourth-order valence-electron chi connectivity index (χ4n) is 3.52. The molecule has 0 bridgehead atoms. The number of benzene rings is 1. The van der Waals surface area contributed by atoms with Crippen molar-refractivity contribution in [3.8, 4) is 5.75 Å². The summed E-state index contributed by atoms with van der Waals surface area (Å²) < 4.78 is 13.1. The Hall–Kier alpha value is -2.86. The molecule has 4 rings (SSSR count). The highest BCUT2D eigenvalue weighted by atomic mass is 16.5. The zero-order valence-electron chi connectivity index (χ0n) is 15.4. The molecule has 0 N–H and O–H groups in total. The lowest BCUT2D eigenvalue weighted by atomic mass is 10.1. The maximum atomic E-state index is 13.3. The van der Waals surface area contributed by atoms with Crippen LogP contribution in [0.1, 0.15) is 28.8 Å². The molecular weight excluding hydrogens is 342 g/mol. The highest BCUT2D eigenvalue weighted by molar-refractivity contribution is 5.95. The van der Waals surface area contributed by atoms with E-state index in [1.807, 2.05) is 58.1 Å². The summed E-state index contributed by atoms with van der Waals surface area (Å²) in [6.45, 7) is 1.81. The first-order chi connectivity index (χ1) is 13.2. The number of carbonyl (C=O) groups excluding carboxylic acids is 1. The number of hydrogen-bond acceptors (Lipinski definition) is 4. The van der Waals surface area contributed by atoms with Gasteiger partial charge in [-0.25, -0.2) is 4.98 Å². The monoisotopic (exact) mass is 365 g/mol. The molecule has 0 aliphatic carbocycles. The van der Waals surface area contributed by atoms with Crippen LogP contribution in [0.15, 0.2) is 55.0 Å². The van der Waals surface area contributed by atoms with E-state index in [1.165, 1.54) is 0 Å². The Morgan fingerprint density at radius 1 is 1.33 bits per heavy atom. The molecule has 6 heteroatoms. The third-order valence-corrected chi connectivity index (χ3v) is 4.93. The highest BCUT2D eigenvalue weighted by Gasteiger charge is 2.24. The van der Waals surface area contributed by atoms with Crippen LogP contribution in [0.2, 0.25) is 0 Å². The smallest absolute Gasteiger partial charge is 0.254 e. The van der Waals surface area contributed by atoms with Crippen LogP contribution in [0.3, 0.4) is 0 Å². The average molecular weight is 365 g/mol. The Bertz CT molecular complexity index is 931. The van der Waals surface area contributed by atoms with E-state index in [-0.39, 0.29) is 12.0 Å². The minimum atomic E-state index is -0.0260. The number of amides is 1. The van der Waals surface area contributed by atoms with Crippen LogP contribution in [-0.2, 0) is 11.3 Å². The molecule has 1 aliphatic heterocycles. The Balaban J connectivity index is 1.62. The topological polar surface area (TPSA) is 56.1 Å². The number of pyridine rings is 1. The lowest BCUT2D eigenvalue weighted by Crippen LogP contribution is -2.37. The van der Waals surface area contributed by atoms with Gasteiger partial charge < -0.3 is 18.8 Å². The Kier molecular flexibility index (Phi) is 5.07. The largest absolute Gasteiger partial charge is 0.496 e. The summed E-state index contributed by atoms with van der Waals surface area (Å²) in [6, 6.07) is 11.5. The van der Waals surface area contributed by atoms with Crippen molar-refractivity contribution in [1.29, 1.82) is 0 Å². The fraction of sp³-hybridized carbons (Fsp3) is 0.333. The van der Waals surface area contributed by atoms with Gasteiger partial charge in [-0.3, -0.25) is 4.79 Å². The maximum absolute atomic E-state index is 13.3. The van der Waals surface area contributed by atoms with Gasteiger partial charge in [-0.05, 0) is 31.0 Å². The lowest BCUT2D eigenvalue weighted by molar-refractivity contribution is 0.0505. The molecule has 1 atom stereocenters. The zero-order chi connectivity index (χ0) is 18.6. The third kappa shape index (κ3) is 3.80. The van der Waals surface area contributed by atoms with Gasteiger partial charge in [0, 0.05) is 49.4 Å². The summed E-state index contributed by atoms with van der Waals surface area (Å²) in [5, 5.41) is 0. The van der Waals surface area contributed by atoms with E-state index in [0.29, 0.717) is 18.7 Å². The van der Waals surface area contributed by atoms with Crippen LogP contribution in [0.4, 0.5) is 0 Å². The van der Waals surface area contributed by atoms with Crippen molar-refractivity contribution in [3.05, 3.63) is 66.1 Å². The predicted molar refractivity (Wildman–Crippen MR) is 102 cm³/mol. The van der Waals surface area contributed by atoms with E-state index in [2.05, 4.69) is 4.98 Å². The molecule has 3 heterocycles. The average Bonchev–Trinajstić information content (AvgIpc) is 3.38. The van der Waals surface area contributed by atoms with Gasteiger partial charge in [0.15, 0.2) is 0 Å². The van der Waals surface area contributed by atoms with Crippen LogP contribution in [0.25, 0.3) is 5.65 Å². The molecule has 140 valence electrons. The second-order valence-corrected chi connectivity index (χ2v) is 6.74. The molecule has 1 unspecified atom stereocenters. The molecule has 1 amide bonds. The van der Waals surface area contributed by atoms with Gasteiger partial charge in [-0.2, -0.15) is 0 Å². The number of ether oxygens (including phenoxy) is 2. The summed E-state index contributed by atoms with van der Waals surface area (Å²) in [4.78, 5) is 19.4. The summed E-state index contributed by atoms with van der Waals surface area (Å²) in [5.41, 5.74) is 2.37. The summed E-state index contributed by atoms with van der Waals surface area (Å²) in [5.74, 6) is 0.758. The SMILES string of the molecule is COc1ccccc1CN(CC1CCCO1)C(=O)c1ccn2ccnc2c1. The third-order valence-electron chi connectivity index (χ3n) is 4.93. The van der Waals surface area contributed by atoms with E-state index in [4.69, 9.17) is 9.47 Å². The van der Waals surface area contributed by atoms with Crippen molar-refractivity contribution in [2.24, 2.45) is 0 Å². The zero-order valence-corrected chi connectivity index (χ0v) is 15.4. The number of hydrogen-bond donors (Lipinski definition) is 0. The number of fused-ring (bicyclic) bond motifs is 1. The van der Waals surface area contributed by atoms with Crippen LogP contribution in [0, 0.1) is 0 Å². The maximum Gasteiger partial charge on any atom is 0.254 e. The molecule has 0 spiro atoms. The molecule has 1 aliphatic rings. The first-order valence-electron chi connectivity index (χ1n) is 9.20. The van der Waals surface area contributed by atoms with Gasteiger partial charge in [-0.1, -0.05) is 18.2 Å². The lowest BCUT2D eigenvalue weighted by Gasteiger charge is -2.26. The second-order valence-electron chi connectivity index (χ2n) is 6.74. The van der Waals surface area contributed by atoms with E-state index in [1.54, 1.807) is 13.3 Å². The molecule has 27 heavy (non-hydrogen) atoms. The van der Waals surface area contributed by atoms with Gasteiger partial charge >= 0.3 is 0 Å². The van der Waals surface area contributed by atoms with Crippen molar-refractivity contribution >= 4 is 11.6 Å². The number of aromatic nitrogens is 2. The van der Waals surface area contributed by atoms with Gasteiger partial charge in [0.1, 0.15) is 11.4 Å². The van der Waals surface area contributed by atoms with E-state index < -0.39 is 0 Å². The molecule has 3 aromatic rings. The number of rotatable bonds is 6. The second kappa shape index (κ2) is 7.80. The fourth-order valence-corrected chi connectivity index (χ4v) is 3.52. The van der Waals surface area contributed by atoms with Crippen molar-refractivity contribution in [2.75, 3.05) is 20.3 Å². The van der Waals surface area contributed by atoms with Crippen LogP contribution in [-0.4, -0.2) is 46.6 Å². The van der Waals surface area contributed by atoms with Gasteiger partial charge in [-0.15, -0.1) is 0 Å². The molecule has 0 radical (unpaired) electrons. The molecule has 1 saturated heterocycles. The predicted octanol–water partition coefficient (Wildman–Crippen LogP) is 3.16. The van der Waals surface area contributed by atoms with Crippen LogP contribution in [0.5, 0.6) is 5.75 Å². The Morgan fingerprint density at radius 2 is 2.22 bits per heavy atom. The highest BCUT2D eigenvalue weighted by Crippen LogP contribution is 2.22. The molecule has 6 nitrogen and oxygen atoms in total. The molecule has 1 aromatic carbocycles. The van der Waals surface area contributed by atoms with Crippen molar-refractivity contribution in [3.63, 3.8) is 0 Å². The summed E-state index contributed by atoms with van der Waals surface area (Å²) in [6.07, 6.45) is 7.56. The molecule has 1 fully saturated rings. The van der Waals surface area contributed by atoms with Crippen molar-refractivity contribution < 1.29 is 14.3 Å². The first-order valence-corrected chi connectivity index (χ1v) is 9.20.